The molecule has 0 aromatic heterocycles. The molecule has 2 N–H and O–H groups in total. The molecule has 0 bridgehead atoms. The fraction of sp³-hybridized carbons (Fsp3) is 0.312. The fourth-order valence-corrected chi connectivity index (χ4v) is 2.45. The molecule has 3 rings (SSSR count). The molecule has 0 radical (unpaired) electrons. The van der Waals surface area contributed by atoms with Gasteiger partial charge in [-0.2, -0.15) is 0 Å². The molecule has 0 saturated carbocycles. The van der Waals surface area contributed by atoms with E-state index in [1.807, 2.05) is 36.4 Å². The van der Waals surface area contributed by atoms with Gasteiger partial charge in [0.2, 0.25) is 0 Å². The van der Waals surface area contributed by atoms with Gasteiger partial charge in [0.15, 0.2) is 6.61 Å². The van der Waals surface area contributed by atoms with Gasteiger partial charge in [0, 0.05) is 12.6 Å². The molecule has 104 valence electrons. The molecule has 1 heterocycles. The van der Waals surface area contributed by atoms with Crippen molar-refractivity contribution in [1.82, 2.24) is 10.6 Å². The third-order valence-corrected chi connectivity index (χ3v) is 3.52. The summed E-state index contributed by atoms with van der Waals surface area (Å²) in [6.45, 7) is 1.88. The van der Waals surface area contributed by atoms with E-state index in [9.17, 15) is 4.79 Å². The van der Waals surface area contributed by atoms with E-state index in [2.05, 4.69) is 16.7 Å². The number of amides is 1. The summed E-state index contributed by atoms with van der Waals surface area (Å²) < 4.78 is 5.55. The number of carbonyl (C=O) groups excluding carboxylic acids is 1. The lowest BCUT2D eigenvalue weighted by molar-refractivity contribution is -0.123. The lowest BCUT2D eigenvalue weighted by Crippen LogP contribution is -2.39. The third kappa shape index (κ3) is 3.08. The molecule has 1 atom stereocenters. The van der Waals surface area contributed by atoms with Crippen molar-refractivity contribution in [2.75, 3.05) is 19.7 Å². The molecule has 4 heteroatoms. The van der Waals surface area contributed by atoms with Crippen molar-refractivity contribution < 1.29 is 9.53 Å². The van der Waals surface area contributed by atoms with Crippen molar-refractivity contribution in [1.29, 1.82) is 0 Å². The first kappa shape index (κ1) is 12.9. The van der Waals surface area contributed by atoms with Crippen LogP contribution in [0.25, 0.3) is 10.8 Å². The highest BCUT2D eigenvalue weighted by Gasteiger charge is 2.16. The zero-order valence-electron chi connectivity index (χ0n) is 11.3. The normalized spacial score (nSPS) is 18.1. The number of ether oxygens (including phenoxy) is 1. The summed E-state index contributed by atoms with van der Waals surface area (Å²) in [7, 11) is 0. The second kappa shape index (κ2) is 5.92. The van der Waals surface area contributed by atoms with Crippen LogP contribution in [0.1, 0.15) is 6.42 Å². The van der Waals surface area contributed by atoms with Crippen molar-refractivity contribution in [3.05, 3.63) is 42.5 Å². The highest BCUT2D eigenvalue weighted by Crippen LogP contribution is 2.20. The van der Waals surface area contributed by atoms with E-state index in [-0.39, 0.29) is 18.6 Å². The Morgan fingerprint density at radius 2 is 2.10 bits per heavy atom. The molecule has 4 nitrogen and oxygen atoms in total. The Labute approximate surface area is 118 Å². The van der Waals surface area contributed by atoms with Crippen LogP contribution in [-0.2, 0) is 4.79 Å². The maximum Gasteiger partial charge on any atom is 0.258 e. The van der Waals surface area contributed by atoms with E-state index in [1.54, 1.807) is 0 Å². The summed E-state index contributed by atoms with van der Waals surface area (Å²) in [6.07, 6.45) is 0.988. The van der Waals surface area contributed by atoms with Gasteiger partial charge in [0.05, 0.1) is 0 Å². The largest absolute Gasteiger partial charge is 0.484 e. The number of hydrogen-bond acceptors (Lipinski definition) is 3. The Bertz CT molecular complexity index is 606. The summed E-state index contributed by atoms with van der Waals surface area (Å²) >= 11 is 0. The molecule has 1 aliphatic heterocycles. The van der Waals surface area contributed by atoms with Crippen molar-refractivity contribution in [2.24, 2.45) is 0 Å². The van der Waals surface area contributed by atoms with Crippen LogP contribution in [0.4, 0.5) is 0 Å². The van der Waals surface area contributed by atoms with Gasteiger partial charge in [-0.1, -0.05) is 30.3 Å². The average molecular weight is 270 g/mol. The van der Waals surface area contributed by atoms with Gasteiger partial charge >= 0.3 is 0 Å². The Balaban J connectivity index is 1.57. The second-order valence-electron chi connectivity index (χ2n) is 5.05. The number of hydrogen-bond donors (Lipinski definition) is 2. The molecule has 1 unspecified atom stereocenters. The minimum atomic E-state index is -0.0631. The van der Waals surface area contributed by atoms with Gasteiger partial charge < -0.3 is 15.4 Å². The first-order valence-corrected chi connectivity index (χ1v) is 6.93. The Hall–Kier alpha value is -2.07. The second-order valence-corrected chi connectivity index (χ2v) is 5.05. The molecule has 1 aliphatic rings. The number of benzene rings is 2. The van der Waals surface area contributed by atoms with E-state index >= 15 is 0 Å². The lowest BCUT2D eigenvalue weighted by atomic mass is 10.1. The fourth-order valence-electron chi connectivity index (χ4n) is 2.45. The quantitative estimate of drug-likeness (QED) is 0.889. The van der Waals surface area contributed by atoms with Crippen molar-refractivity contribution in [3.63, 3.8) is 0 Å². The van der Waals surface area contributed by atoms with Crippen LogP contribution >= 0.6 is 0 Å². The number of rotatable bonds is 4. The van der Waals surface area contributed by atoms with Crippen LogP contribution < -0.4 is 15.4 Å². The van der Waals surface area contributed by atoms with Crippen molar-refractivity contribution in [3.8, 4) is 5.75 Å². The summed E-state index contributed by atoms with van der Waals surface area (Å²) in [4.78, 5) is 11.8. The first-order valence-electron chi connectivity index (χ1n) is 6.93. The topological polar surface area (TPSA) is 50.4 Å². The van der Waals surface area contributed by atoms with E-state index in [4.69, 9.17) is 4.74 Å². The highest BCUT2D eigenvalue weighted by molar-refractivity contribution is 5.84. The highest BCUT2D eigenvalue weighted by atomic mass is 16.5. The maximum atomic E-state index is 11.8. The molecule has 20 heavy (non-hydrogen) atoms. The minimum absolute atomic E-state index is 0.0631. The van der Waals surface area contributed by atoms with Crippen LogP contribution in [0.5, 0.6) is 5.75 Å². The molecule has 1 saturated heterocycles. The SMILES string of the molecule is O=C(COc1ccc2ccccc2c1)NC1CCNC1. The first-order chi connectivity index (χ1) is 9.81. The third-order valence-electron chi connectivity index (χ3n) is 3.52. The van der Waals surface area contributed by atoms with Gasteiger partial charge in [-0.3, -0.25) is 4.79 Å². The van der Waals surface area contributed by atoms with Crippen LogP contribution in [0.3, 0.4) is 0 Å². The van der Waals surface area contributed by atoms with Crippen LogP contribution in [0.15, 0.2) is 42.5 Å². The Morgan fingerprint density at radius 1 is 1.25 bits per heavy atom. The average Bonchev–Trinajstić information content (AvgIpc) is 2.98. The Morgan fingerprint density at radius 3 is 2.90 bits per heavy atom. The van der Waals surface area contributed by atoms with Gasteiger partial charge in [0.25, 0.3) is 5.91 Å². The smallest absolute Gasteiger partial charge is 0.258 e. The molecule has 0 aliphatic carbocycles. The predicted molar refractivity (Wildman–Crippen MR) is 78.9 cm³/mol. The summed E-state index contributed by atoms with van der Waals surface area (Å²) in [5, 5.41) is 8.46. The van der Waals surface area contributed by atoms with E-state index in [1.165, 1.54) is 5.39 Å². The molecule has 1 fully saturated rings. The molecule has 1 amide bonds. The lowest BCUT2D eigenvalue weighted by Gasteiger charge is -2.12. The molecule has 2 aromatic rings. The minimum Gasteiger partial charge on any atom is -0.484 e. The van der Waals surface area contributed by atoms with Crippen LogP contribution in [0, 0.1) is 0 Å². The van der Waals surface area contributed by atoms with Crippen LogP contribution in [0.2, 0.25) is 0 Å². The van der Waals surface area contributed by atoms with Crippen molar-refractivity contribution >= 4 is 16.7 Å². The van der Waals surface area contributed by atoms with E-state index in [0.29, 0.717) is 0 Å². The summed E-state index contributed by atoms with van der Waals surface area (Å²) in [6, 6.07) is 14.2. The zero-order valence-corrected chi connectivity index (χ0v) is 11.3. The standard InChI is InChI=1S/C16H18N2O2/c19-16(18-14-7-8-17-10-14)11-20-15-6-5-12-3-1-2-4-13(12)9-15/h1-6,9,14,17H,7-8,10-11H2,(H,18,19). The maximum absolute atomic E-state index is 11.8. The van der Waals surface area contributed by atoms with Gasteiger partial charge in [-0.05, 0) is 35.9 Å². The van der Waals surface area contributed by atoms with E-state index in [0.717, 1.165) is 30.6 Å². The number of carbonyl (C=O) groups is 1. The summed E-state index contributed by atoms with van der Waals surface area (Å²) in [5.74, 6) is 0.662. The molecule has 2 aromatic carbocycles. The monoisotopic (exact) mass is 270 g/mol. The van der Waals surface area contributed by atoms with Gasteiger partial charge in [0.1, 0.15) is 5.75 Å². The van der Waals surface area contributed by atoms with Gasteiger partial charge in [-0.15, -0.1) is 0 Å². The predicted octanol–water partition coefficient (Wildman–Crippen LogP) is 1.70. The number of fused-ring (bicyclic) bond motifs is 1. The summed E-state index contributed by atoms with van der Waals surface area (Å²) in [5.41, 5.74) is 0. The molecular weight excluding hydrogens is 252 g/mol. The van der Waals surface area contributed by atoms with Crippen LogP contribution in [-0.4, -0.2) is 31.6 Å². The number of nitrogens with one attached hydrogen (secondary N) is 2. The molecule has 0 spiro atoms. The molecular formula is C16H18N2O2. The van der Waals surface area contributed by atoms with Gasteiger partial charge in [-0.25, -0.2) is 0 Å². The Kier molecular flexibility index (Phi) is 3.83. The van der Waals surface area contributed by atoms with E-state index < -0.39 is 0 Å². The zero-order chi connectivity index (χ0) is 13.8. The van der Waals surface area contributed by atoms with Crippen molar-refractivity contribution in [2.45, 2.75) is 12.5 Å².